The van der Waals surface area contributed by atoms with Gasteiger partial charge in [0.2, 0.25) is 0 Å². The van der Waals surface area contributed by atoms with E-state index in [0.29, 0.717) is 92.5 Å². The summed E-state index contributed by atoms with van der Waals surface area (Å²) in [6, 6.07) is 0. The zero-order valence-corrected chi connectivity index (χ0v) is 21.7. The summed E-state index contributed by atoms with van der Waals surface area (Å²) in [5.74, 6) is 0. The van der Waals surface area contributed by atoms with Crippen molar-refractivity contribution in [1.29, 1.82) is 0 Å². The normalized spacial score (nSPS) is 11.5. The average Bonchev–Trinajstić information content (AvgIpc) is 3.15. The van der Waals surface area contributed by atoms with Crippen molar-refractivity contribution in [3.05, 3.63) is 16.2 Å². The molecule has 0 bridgehead atoms. The Balaban J connectivity index is 1.95. The molecule has 0 fully saturated rings. The van der Waals surface area contributed by atoms with Crippen LogP contribution in [-0.2, 0) is 70.3 Å². The first-order chi connectivity index (χ1) is 15.8. The summed E-state index contributed by atoms with van der Waals surface area (Å²) in [6.07, 6.45) is 4.12. The Bertz CT molecular complexity index is 538. The summed E-state index contributed by atoms with van der Waals surface area (Å²) in [5.41, 5.74) is 0. The van der Waals surface area contributed by atoms with E-state index < -0.39 is 0 Å². The second-order valence-electron chi connectivity index (χ2n) is 6.59. The molecule has 0 atom stereocenters. The Morgan fingerprint density at radius 1 is 0.500 bits per heavy atom. The van der Waals surface area contributed by atoms with Crippen molar-refractivity contribution in [2.45, 2.75) is 13.1 Å². The van der Waals surface area contributed by atoms with Crippen LogP contribution in [0.3, 0.4) is 0 Å². The Hall–Kier alpha value is -0.422. The summed E-state index contributed by atoms with van der Waals surface area (Å²) in [6.45, 7) is 9.86. The number of aromatic nitrogens is 2. The number of nitrogens with zero attached hydrogens (tertiary/aromatic N) is 2. The second-order valence-corrected chi connectivity index (χ2v) is 7.60. The van der Waals surface area contributed by atoms with E-state index in [2.05, 4.69) is 40.9 Å². The molecule has 1 heterocycles. The van der Waals surface area contributed by atoms with Gasteiger partial charge in [-0.2, -0.15) is 0 Å². The molecule has 0 spiro atoms. The average molecular weight is 644 g/mol. The molecular formula is C21H40N2O8Pt. The van der Waals surface area contributed by atoms with Gasteiger partial charge < -0.3 is 9.47 Å². The van der Waals surface area contributed by atoms with Crippen LogP contribution in [0.25, 0.3) is 0 Å². The first-order valence-corrected chi connectivity index (χ1v) is 12.1. The van der Waals surface area contributed by atoms with Crippen LogP contribution in [0.4, 0.5) is 0 Å². The molecular weight excluding hydrogens is 603 g/mol. The summed E-state index contributed by atoms with van der Waals surface area (Å²) >= 11 is 2.32. The van der Waals surface area contributed by atoms with Crippen molar-refractivity contribution in [1.82, 2.24) is 9.13 Å². The molecule has 10 nitrogen and oxygen atoms in total. The number of imidazole rings is 1. The van der Waals surface area contributed by atoms with Gasteiger partial charge >= 0.3 is 165 Å². The molecule has 0 saturated carbocycles. The minimum atomic E-state index is 0.568. The predicted molar refractivity (Wildman–Crippen MR) is 114 cm³/mol. The SMILES string of the molecule is COCCOCCOCCOCCn1ccn(CCOCCOCCOCCOC)[c]1=[Pt]. The molecule has 1 aromatic rings. The van der Waals surface area contributed by atoms with Gasteiger partial charge in [-0.1, -0.05) is 0 Å². The van der Waals surface area contributed by atoms with E-state index in [0.717, 1.165) is 16.9 Å². The van der Waals surface area contributed by atoms with Gasteiger partial charge in [-0.3, -0.25) is 0 Å². The fraction of sp³-hybridized carbons (Fsp3) is 0.857. The topological polar surface area (TPSA) is 83.7 Å². The van der Waals surface area contributed by atoms with Crippen molar-refractivity contribution in [2.75, 3.05) is 107 Å². The van der Waals surface area contributed by atoms with Gasteiger partial charge in [-0.15, -0.1) is 0 Å². The molecule has 1 rings (SSSR count). The minimum absolute atomic E-state index is 0.568. The van der Waals surface area contributed by atoms with E-state index in [-0.39, 0.29) is 0 Å². The molecule has 0 aromatic carbocycles. The third kappa shape index (κ3) is 16.2. The molecule has 32 heavy (non-hydrogen) atoms. The number of methoxy groups -OCH3 is 2. The second kappa shape index (κ2) is 22.4. The molecule has 0 aliphatic rings. The third-order valence-corrected chi connectivity index (χ3v) is 5.47. The number of rotatable bonds is 24. The van der Waals surface area contributed by atoms with Crippen molar-refractivity contribution in [3.63, 3.8) is 0 Å². The molecule has 0 radical (unpaired) electrons. The van der Waals surface area contributed by atoms with E-state index in [1.54, 1.807) is 14.2 Å². The predicted octanol–water partition coefficient (Wildman–Crippen LogP) is 0.761. The molecule has 192 valence electrons. The van der Waals surface area contributed by atoms with E-state index in [1.165, 1.54) is 0 Å². The van der Waals surface area contributed by atoms with E-state index in [9.17, 15) is 0 Å². The summed E-state index contributed by atoms with van der Waals surface area (Å²) in [4.78, 5) is 0. The van der Waals surface area contributed by atoms with E-state index in [4.69, 9.17) is 37.9 Å². The monoisotopic (exact) mass is 643 g/mol. The molecule has 0 aliphatic heterocycles. The fourth-order valence-electron chi connectivity index (χ4n) is 2.45. The van der Waals surface area contributed by atoms with E-state index in [1.807, 2.05) is 0 Å². The molecule has 11 heteroatoms. The zero-order chi connectivity index (χ0) is 23.1. The van der Waals surface area contributed by atoms with Gasteiger partial charge in [-0.25, -0.2) is 0 Å². The number of hydrogen-bond acceptors (Lipinski definition) is 8. The Morgan fingerprint density at radius 2 is 0.781 bits per heavy atom. The van der Waals surface area contributed by atoms with Gasteiger partial charge in [-0.05, 0) is 0 Å². The van der Waals surface area contributed by atoms with Crippen LogP contribution in [0.2, 0.25) is 0 Å². The summed E-state index contributed by atoms with van der Waals surface area (Å²) in [7, 11) is 3.31. The third-order valence-electron chi connectivity index (χ3n) is 4.17. The molecule has 0 N–H and O–H groups in total. The van der Waals surface area contributed by atoms with Crippen LogP contribution >= 0.6 is 0 Å². The van der Waals surface area contributed by atoms with E-state index >= 15 is 0 Å². The maximum absolute atomic E-state index is 5.65. The van der Waals surface area contributed by atoms with Gasteiger partial charge in [0, 0.05) is 14.2 Å². The molecule has 0 unspecified atom stereocenters. The number of ether oxygens (including phenoxy) is 8. The van der Waals surface area contributed by atoms with Crippen molar-refractivity contribution in [2.24, 2.45) is 0 Å². The first-order valence-electron chi connectivity index (χ1n) is 10.9. The van der Waals surface area contributed by atoms with Crippen molar-refractivity contribution in [3.8, 4) is 0 Å². The number of hydrogen-bond donors (Lipinski definition) is 0. The van der Waals surface area contributed by atoms with Gasteiger partial charge in [0.25, 0.3) is 0 Å². The molecule has 1 aromatic heterocycles. The first kappa shape index (κ1) is 29.6. The summed E-state index contributed by atoms with van der Waals surface area (Å²) in [5, 5.41) is 0. The van der Waals surface area contributed by atoms with Crippen LogP contribution < -0.4 is 0 Å². The molecule has 0 aliphatic carbocycles. The van der Waals surface area contributed by atoms with Crippen LogP contribution in [0.15, 0.2) is 12.4 Å². The van der Waals surface area contributed by atoms with Gasteiger partial charge in [0.15, 0.2) is 0 Å². The Kier molecular flexibility index (Phi) is 20.7. The molecule has 0 amide bonds. The van der Waals surface area contributed by atoms with Crippen LogP contribution in [0.1, 0.15) is 0 Å². The standard InChI is InChI=1S/C21H40N2O8.Pt/c1-24-9-11-28-17-19-30-15-13-26-7-5-22-3-4-23(21-22)6-8-27-14-16-31-20-18-29-12-10-25-2;/h3-4H,5-20H2,1-2H3;. The maximum atomic E-state index is 5.65. The van der Waals surface area contributed by atoms with Crippen LogP contribution in [0, 0.1) is 3.80 Å². The van der Waals surface area contributed by atoms with Crippen LogP contribution in [0.5, 0.6) is 0 Å². The summed E-state index contributed by atoms with van der Waals surface area (Å²) < 4.78 is 48.2. The van der Waals surface area contributed by atoms with Gasteiger partial charge in [0.1, 0.15) is 0 Å². The van der Waals surface area contributed by atoms with Gasteiger partial charge in [0.05, 0.1) is 13.2 Å². The van der Waals surface area contributed by atoms with Crippen molar-refractivity contribution < 1.29 is 57.2 Å². The zero-order valence-electron chi connectivity index (χ0n) is 19.4. The quantitative estimate of drug-likeness (QED) is 0.153. The van der Waals surface area contributed by atoms with Crippen LogP contribution in [-0.4, -0.2) is 116 Å². The Labute approximate surface area is 202 Å². The Morgan fingerprint density at radius 3 is 1.09 bits per heavy atom. The molecule has 0 saturated heterocycles. The fourth-order valence-corrected chi connectivity index (χ4v) is 3.30. The van der Waals surface area contributed by atoms with Crippen molar-refractivity contribution >= 4 is 0 Å².